The molecule has 13 aromatic rings. The van der Waals surface area contributed by atoms with E-state index >= 15 is 0 Å². The van der Waals surface area contributed by atoms with Crippen LogP contribution >= 0.6 is 0 Å². The summed E-state index contributed by atoms with van der Waals surface area (Å²) in [7, 11) is 0. The molecule has 15 rings (SSSR count). The molecule has 0 saturated heterocycles. The van der Waals surface area contributed by atoms with Crippen molar-refractivity contribution in [3.05, 3.63) is 295 Å². The van der Waals surface area contributed by atoms with E-state index in [2.05, 4.69) is 278 Å². The standard InChI is InChI=1S/C71H45NO/c1-3-19-47(20-4-1)53-42-39-51(43-60(53)48-21-5-2-6-22-48)46-37-40-52(41-38-46)72(66-35-16-12-27-56(66)57-29-17-30-58-61-44-49-23-7-8-24-50(49)45-68(61)73-70(57)58)67-36-18-34-65-69(67)59-28-11-15-33-64(59)71(65)62-31-13-9-25-54(62)55-26-10-14-32-63(55)71/h1-45H. The molecule has 340 valence electrons. The van der Waals surface area contributed by atoms with Gasteiger partial charge in [0.05, 0.1) is 16.8 Å². The molecule has 2 aliphatic carbocycles. The van der Waals surface area contributed by atoms with Gasteiger partial charge in [0.2, 0.25) is 0 Å². The Balaban J connectivity index is 0.960. The van der Waals surface area contributed by atoms with Crippen molar-refractivity contribution in [2.24, 2.45) is 0 Å². The largest absolute Gasteiger partial charge is 0.455 e. The van der Waals surface area contributed by atoms with Gasteiger partial charge in [0.15, 0.2) is 0 Å². The maximum atomic E-state index is 6.97. The molecule has 2 aliphatic rings. The lowest BCUT2D eigenvalue weighted by Gasteiger charge is -2.32. The number of hydrogen-bond donors (Lipinski definition) is 0. The monoisotopic (exact) mass is 927 g/mol. The normalized spacial score (nSPS) is 12.8. The van der Waals surface area contributed by atoms with Crippen LogP contribution in [0.25, 0.3) is 99.5 Å². The molecule has 1 spiro atoms. The van der Waals surface area contributed by atoms with Gasteiger partial charge in [-0.05, 0) is 126 Å². The quantitative estimate of drug-likeness (QED) is 0.158. The number of hydrogen-bond acceptors (Lipinski definition) is 2. The number of para-hydroxylation sites is 2. The summed E-state index contributed by atoms with van der Waals surface area (Å²) in [6, 6.07) is 100. The Bertz CT molecular complexity index is 4270. The molecule has 1 aromatic heterocycles. The van der Waals surface area contributed by atoms with Crippen LogP contribution in [0.4, 0.5) is 17.1 Å². The molecular formula is C71H45NO. The summed E-state index contributed by atoms with van der Waals surface area (Å²) in [5.74, 6) is 0. The minimum Gasteiger partial charge on any atom is -0.455 e. The van der Waals surface area contributed by atoms with Crippen molar-refractivity contribution in [3.63, 3.8) is 0 Å². The Labute approximate surface area is 424 Å². The van der Waals surface area contributed by atoms with Gasteiger partial charge >= 0.3 is 0 Å². The van der Waals surface area contributed by atoms with Crippen molar-refractivity contribution in [3.8, 4) is 66.8 Å². The second kappa shape index (κ2) is 16.3. The van der Waals surface area contributed by atoms with Gasteiger partial charge in [-0.15, -0.1) is 0 Å². The molecule has 0 radical (unpaired) electrons. The van der Waals surface area contributed by atoms with E-state index < -0.39 is 5.41 Å². The molecular weight excluding hydrogens is 883 g/mol. The molecule has 0 aliphatic heterocycles. The van der Waals surface area contributed by atoms with Crippen molar-refractivity contribution in [1.29, 1.82) is 0 Å². The number of benzene rings is 12. The summed E-state index contributed by atoms with van der Waals surface area (Å²) < 4.78 is 6.97. The highest BCUT2D eigenvalue weighted by molar-refractivity contribution is 6.14. The van der Waals surface area contributed by atoms with E-state index in [1.165, 1.54) is 72.1 Å². The van der Waals surface area contributed by atoms with Gasteiger partial charge in [-0.2, -0.15) is 0 Å². The zero-order chi connectivity index (χ0) is 48.0. The number of anilines is 3. The summed E-state index contributed by atoms with van der Waals surface area (Å²) in [4.78, 5) is 2.50. The van der Waals surface area contributed by atoms with Crippen LogP contribution in [0.2, 0.25) is 0 Å². The van der Waals surface area contributed by atoms with Crippen LogP contribution in [0.1, 0.15) is 22.3 Å². The van der Waals surface area contributed by atoms with Gasteiger partial charge in [0, 0.05) is 33.2 Å². The van der Waals surface area contributed by atoms with Crippen molar-refractivity contribution in [1.82, 2.24) is 0 Å². The minimum atomic E-state index is -0.490. The lowest BCUT2D eigenvalue weighted by molar-refractivity contribution is 0.670. The molecule has 0 unspecified atom stereocenters. The van der Waals surface area contributed by atoms with Crippen LogP contribution in [-0.2, 0) is 5.41 Å². The summed E-state index contributed by atoms with van der Waals surface area (Å²) in [5, 5.41) is 4.59. The summed E-state index contributed by atoms with van der Waals surface area (Å²) in [5.41, 5.74) is 24.1. The van der Waals surface area contributed by atoms with Gasteiger partial charge in [-0.3, -0.25) is 0 Å². The molecule has 2 heteroatoms. The van der Waals surface area contributed by atoms with Crippen LogP contribution in [0.3, 0.4) is 0 Å². The average Bonchev–Trinajstić information content (AvgIpc) is 4.10. The highest BCUT2D eigenvalue weighted by Crippen LogP contribution is 2.65. The fraction of sp³-hybridized carbons (Fsp3) is 0.0141. The summed E-state index contributed by atoms with van der Waals surface area (Å²) >= 11 is 0. The molecule has 0 N–H and O–H groups in total. The fourth-order valence-electron chi connectivity index (χ4n) is 12.6. The van der Waals surface area contributed by atoms with Crippen molar-refractivity contribution < 1.29 is 4.42 Å². The Morgan fingerprint density at radius 1 is 0.288 bits per heavy atom. The van der Waals surface area contributed by atoms with Gasteiger partial charge in [-0.1, -0.05) is 231 Å². The first-order valence-corrected chi connectivity index (χ1v) is 25.2. The molecule has 2 nitrogen and oxygen atoms in total. The van der Waals surface area contributed by atoms with Crippen LogP contribution < -0.4 is 4.90 Å². The van der Waals surface area contributed by atoms with E-state index in [0.717, 1.165) is 66.6 Å². The van der Waals surface area contributed by atoms with E-state index in [9.17, 15) is 0 Å². The molecule has 0 bridgehead atoms. The fourth-order valence-corrected chi connectivity index (χ4v) is 12.6. The second-order valence-corrected chi connectivity index (χ2v) is 19.5. The second-order valence-electron chi connectivity index (χ2n) is 19.5. The predicted octanol–water partition coefficient (Wildman–Crippen LogP) is 19.2. The van der Waals surface area contributed by atoms with Crippen LogP contribution in [0, 0.1) is 0 Å². The highest BCUT2D eigenvalue weighted by atomic mass is 16.3. The highest BCUT2D eigenvalue weighted by Gasteiger charge is 2.52. The Morgan fingerprint density at radius 2 is 0.808 bits per heavy atom. The topological polar surface area (TPSA) is 16.4 Å². The number of rotatable bonds is 7. The van der Waals surface area contributed by atoms with Gasteiger partial charge in [-0.25, -0.2) is 0 Å². The van der Waals surface area contributed by atoms with Gasteiger partial charge < -0.3 is 9.32 Å². The summed E-state index contributed by atoms with van der Waals surface area (Å²) in [6.45, 7) is 0. The lowest BCUT2D eigenvalue weighted by Crippen LogP contribution is -2.26. The molecule has 0 fully saturated rings. The van der Waals surface area contributed by atoms with Crippen LogP contribution in [0.15, 0.2) is 277 Å². The zero-order valence-electron chi connectivity index (χ0n) is 39.8. The number of fused-ring (bicyclic) bond motifs is 14. The molecule has 1 heterocycles. The Morgan fingerprint density at radius 3 is 1.52 bits per heavy atom. The first kappa shape index (κ1) is 41.3. The Hall–Kier alpha value is -9.50. The maximum Gasteiger partial charge on any atom is 0.143 e. The maximum absolute atomic E-state index is 6.97. The van der Waals surface area contributed by atoms with Crippen LogP contribution in [0.5, 0.6) is 0 Å². The molecule has 0 atom stereocenters. The first-order valence-electron chi connectivity index (χ1n) is 25.2. The molecule has 0 amide bonds. The van der Waals surface area contributed by atoms with Crippen molar-refractivity contribution in [2.75, 3.05) is 4.90 Å². The van der Waals surface area contributed by atoms with E-state index in [1.807, 2.05) is 0 Å². The smallest absolute Gasteiger partial charge is 0.143 e. The minimum absolute atomic E-state index is 0.490. The molecule has 73 heavy (non-hydrogen) atoms. The first-order chi connectivity index (χ1) is 36.2. The SMILES string of the molecule is c1ccc(-c2ccc(-c3ccc(N(c4ccccc4-c4cccc5c4oc4cc6ccccc6cc45)c4cccc5c4-c4ccccc4C54c5ccccc5-c5ccccc54)cc3)cc2-c2ccccc2)cc1. The third-order valence-electron chi connectivity index (χ3n) is 15.7. The van der Waals surface area contributed by atoms with Crippen molar-refractivity contribution >= 4 is 49.8 Å². The average molecular weight is 928 g/mol. The lowest BCUT2D eigenvalue weighted by atomic mass is 9.70. The van der Waals surface area contributed by atoms with Crippen LogP contribution in [-0.4, -0.2) is 0 Å². The Kier molecular flexibility index (Phi) is 9.21. The van der Waals surface area contributed by atoms with Crippen molar-refractivity contribution in [2.45, 2.75) is 5.41 Å². The van der Waals surface area contributed by atoms with Gasteiger partial charge in [0.1, 0.15) is 11.2 Å². The van der Waals surface area contributed by atoms with Gasteiger partial charge in [0.25, 0.3) is 0 Å². The number of furan rings is 1. The molecule has 12 aromatic carbocycles. The third-order valence-corrected chi connectivity index (χ3v) is 15.7. The van der Waals surface area contributed by atoms with E-state index in [0.29, 0.717) is 0 Å². The summed E-state index contributed by atoms with van der Waals surface area (Å²) in [6.07, 6.45) is 0. The predicted molar refractivity (Wildman–Crippen MR) is 304 cm³/mol. The third kappa shape index (κ3) is 6.17. The molecule has 0 saturated carbocycles. The number of nitrogens with zero attached hydrogens (tertiary/aromatic N) is 1. The van der Waals surface area contributed by atoms with E-state index in [-0.39, 0.29) is 0 Å². The zero-order valence-corrected chi connectivity index (χ0v) is 39.8. The van der Waals surface area contributed by atoms with E-state index in [4.69, 9.17) is 4.42 Å². The van der Waals surface area contributed by atoms with E-state index in [1.54, 1.807) is 0 Å².